The normalized spacial score (nSPS) is 17.1. The first-order valence-electron chi connectivity index (χ1n) is 8.77. The predicted octanol–water partition coefficient (Wildman–Crippen LogP) is 4.54. The van der Waals surface area contributed by atoms with E-state index in [1.165, 1.54) is 12.1 Å². The quantitative estimate of drug-likeness (QED) is 0.537. The highest BCUT2D eigenvalue weighted by atomic mass is 16.6. The molecule has 1 aliphatic carbocycles. The van der Waals surface area contributed by atoms with Crippen molar-refractivity contribution < 1.29 is 9.72 Å². The molecule has 1 saturated carbocycles. The Labute approximate surface area is 156 Å². The van der Waals surface area contributed by atoms with Gasteiger partial charge in [-0.3, -0.25) is 14.9 Å². The molecule has 1 fully saturated rings. The third kappa shape index (κ3) is 3.08. The van der Waals surface area contributed by atoms with E-state index in [4.69, 9.17) is 0 Å². The number of nitrogens with zero attached hydrogens (tertiary/aromatic N) is 1. The van der Waals surface area contributed by atoms with Crippen molar-refractivity contribution >= 4 is 17.3 Å². The van der Waals surface area contributed by atoms with Crippen molar-refractivity contribution in [2.45, 2.75) is 11.8 Å². The smallest absolute Gasteiger partial charge is 0.271 e. The van der Waals surface area contributed by atoms with Crippen LogP contribution < -0.4 is 5.32 Å². The van der Waals surface area contributed by atoms with Gasteiger partial charge < -0.3 is 5.32 Å². The van der Waals surface area contributed by atoms with Crippen molar-refractivity contribution in [1.82, 2.24) is 0 Å². The van der Waals surface area contributed by atoms with Gasteiger partial charge in [0.2, 0.25) is 5.91 Å². The molecular formula is C22H18N2O3. The molecule has 0 heterocycles. The summed E-state index contributed by atoms with van der Waals surface area (Å²) in [5.74, 6) is -0.343. The molecule has 4 rings (SSSR count). The van der Waals surface area contributed by atoms with E-state index < -0.39 is 4.92 Å². The summed E-state index contributed by atoms with van der Waals surface area (Å²) < 4.78 is 0. The van der Waals surface area contributed by atoms with E-state index in [1.807, 2.05) is 60.7 Å². The Hall–Kier alpha value is -3.47. The van der Waals surface area contributed by atoms with E-state index >= 15 is 0 Å². The number of carbonyl (C=O) groups excluding carboxylic acids is 1. The number of nitro groups is 1. The second kappa shape index (κ2) is 6.68. The number of nitrogens with one attached hydrogen (secondary N) is 1. The van der Waals surface area contributed by atoms with E-state index in [-0.39, 0.29) is 22.9 Å². The molecule has 5 heteroatoms. The Morgan fingerprint density at radius 2 is 1.52 bits per heavy atom. The molecule has 3 aromatic carbocycles. The molecule has 1 unspecified atom stereocenters. The van der Waals surface area contributed by atoms with Crippen molar-refractivity contribution in [2.75, 3.05) is 5.32 Å². The lowest BCUT2D eigenvalue weighted by molar-refractivity contribution is -0.384. The van der Waals surface area contributed by atoms with Gasteiger partial charge in [-0.1, -0.05) is 66.7 Å². The Morgan fingerprint density at radius 3 is 2.07 bits per heavy atom. The largest absolute Gasteiger partial charge is 0.326 e. The standard InChI is InChI=1S/C22H18N2O3/c25-21(23-18-12-7-13-19(14-18)24(26)27)20-15-22(20,16-8-3-1-4-9-16)17-10-5-2-6-11-17/h1-14,20H,15H2,(H,23,25). The van der Waals surface area contributed by atoms with Crippen molar-refractivity contribution in [1.29, 1.82) is 0 Å². The van der Waals surface area contributed by atoms with Crippen LogP contribution in [-0.2, 0) is 10.2 Å². The van der Waals surface area contributed by atoms with E-state index in [0.717, 1.165) is 11.1 Å². The van der Waals surface area contributed by atoms with E-state index in [1.54, 1.807) is 12.1 Å². The first kappa shape index (κ1) is 17.0. The average Bonchev–Trinajstić information content (AvgIpc) is 3.47. The molecule has 3 aromatic rings. The first-order chi connectivity index (χ1) is 13.1. The Kier molecular flexibility index (Phi) is 4.20. The zero-order valence-corrected chi connectivity index (χ0v) is 14.5. The second-order valence-corrected chi connectivity index (χ2v) is 6.76. The highest BCUT2D eigenvalue weighted by molar-refractivity contribution is 5.97. The maximum absolute atomic E-state index is 12.9. The van der Waals surface area contributed by atoms with Gasteiger partial charge in [0.05, 0.1) is 10.8 Å². The molecule has 0 spiro atoms. The molecule has 134 valence electrons. The topological polar surface area (TPSA) is 72.2 Å². The SMILES string of the molecule is O=C(Nc1cccc([N+](=O)[O-])c1)C1CC1(c1ccccc1)c1ccccc1. The number of anilines is 1. The summed E-state index contributed by atoms with van der Waals surface area (Å²) in [6.07, 6.45) is 0.710. The van der Waals surface area contributed by atoms with Crippen molar-refractivity contribution in [2.24, 2.45) is 5.92 Å². The molecule has 1 atom stereocenters. The average molecular weight is 358 g/mol. The van der Waals surface area contributed by atoms with Gasteiger partial charge in [0.15, 0.2) is 0 Å². The van der Waals surface area contributed by atoms with Gasteiger partial charge in [-0.2, -0.15) is 0 Å². The van der Waals surface area contributed by atoms with Crippen molar-refractivity contribution in [3.8, 4) is 0 Å². The monoisotopic (exact) mass is 358 g/mol. The van der Waals surface area contributed by atoms with E-state index in [2.05, 4.69) is 5.32 Å². The summed E-state index contributed by atoms with van der Waals surface area (Å²) in [7, 11) is 0. The lowest BCUT2D eigenvalue weighted by Gasteiger charge is -2.19. The Balaban J connectivity index is 1.63. The Bertz CT molecular complexity index is 947. The van der Waals surface area contributed by atoms with Crippen LogP contribution in [0.1, 0.15) is 17.5 Å². The number of nitro benzene ring substituents is 1. The van der Waals surface area contributed by atoms with Gasteiger partial charge in [0, 0.05) is 23.2 Å². The first-order valence-corrected chi connectivity index (χ1v) is 8.77. The maximum atomic E-state index is 12.9. The van der Waals surface area contributed by atoms with Gasteiger partial charge in [0.1, 0.15) is 0 Å². The number of hydrogen-bond acceptors (Lipinski definition) is 3. The van der Waals surface area contributed by atoms with Crippen LogP contribution in [-0.4, -0.2) is 10.8 Å². The fraction of sp³-hybridized carbons (Fsp3) is 0.136. The van der Waals surface area contributed by atoms with Crippen LogP contribution in [0.25, 0.3) is 0 Å². The van der Waals surface area contributed by atoms with Gasteiger partial charge >= 0.3 is 0 Å². The molecule has 0 aromatic heterocycles. The summed E-state index contributed by atoms with van der Waals surface area (Å²) in [6.45, 7) is 0. The second-order valence-electron chi connectivity index (χ2n) is 6.76. The summed E-state index contributed by atoms with van der Waals surface area (Å²) in [5, 5.41) is 13.8. The zero-order valence-electron chi connectivity index (χ0n) is 14.5. The fourth-order valence-electron chi connectivity index (χ4n) is 3.78. The van der Waals surface area contributed by atoms with Gasteiger partial charge in [-0.05, 0) is 23.6 Å². The van der Waals surface area contributed by atoms with Gasteiger partial charge in [0.25, 0.3) is 5.69 Å². The van der Waals surface area contributed by atoms with Crippen LogP contribution in [0.4, 0.5) is 11.4 Å². The molecule has 1 aliphatic rings. The number of carbonyl (C=O) groups is 1. The molecule has 27 heavy (non-hydrogen) atoms. The minimum atomic E-state index is -0.467. The predicted molar refractivity (Wildman–Crippen MR) is 103 cm³/mol. The lowest BCUT2D eigenvalue weighted by atomic mass is 9.85. The van der Waals surface area contributed by atoms with E-state index in [0.29, 0.717) is 12.1 Å². The Morgan fingerprint density at radius 1 is 0.926 bits per heavy atom. The van der Waals surface area contributed by atoms with Crippen LogP contribution in [0.2, 0.25) is 0 Å². The van der Waals surface area contributed by atoms with E-state index in [9.17, 15) is 14.9 Å². The molecule has 0 saturated heterocycles. The van der Waals surface area contributed by atoms with Crippen LogP contribution in [0.3, 0.4) is 0 Å². The number of amides is 1. The van der Waals surface area contributed by atoms with Gasteiger partial charge in [-0.15, -0.1) is 0 Å². The lowest BCUT2D eigenvalue weighted by Crippen LogP contribution is -2.22. The van der Waals surface area contributed by atoms with Crippen LogP contribution in [0, 0.1) is 16.0 Å². The fourth-order valence-corrected chi connectivity index (χ4v) is 3.78. The molecule has 1 N–H and O–H groups in total. The van der Waals surface area contributed by atoms with Crippen molar-refractivity contribution in [3.63, 3.8) is 0 Å². The molecule has 0 radical (unpaired) electrons. The number of rotatable bonds is 5. The minimum absolute atomic E-state index is 0.0408. The molecule has 0 bridgehead atoms. The highest BCUT2D eigenvalue weighted by Crippen LogP contribution is 2.59. The molecular weight excluding hydrogens is 340 g/mol. The van der Waals surface area contributed by atoms with Crippen LogP contribution in [0.5, 0.6) is 0 Å². The zero-order chi connectivity index (χ0) is 18.9. The number of non-ortho nitro benzene ring substituents is 1. The number of benzene rings is 3. The third-order valence-corrected chi connectivity index (χ3v) is 5.18. The molecule has 5 nitrogen and oxygen atoms in total. The summed E-state index contributed by atoms with van der Waals surface area (Å²) in [6, 6.07) is 26.1. The summed E-state index contributed by atoms with van der Waals surface area (Å²) in [4.78, 5) is 23.4. The highest BCUT2D eigenvalue weighted by Gasteiger charge is 2.60. The minimum Gasteiger partial charge on any atom is -0.326 e. The summed E-state index contributed by atoms with van der Waals surface area (Å²) in [5.41, 5.74) is 2.26. The number of hydrogen-bond donors (Lipinski definition) is 1. The molecule has 0 aliphatic heterocycles. The van der Waals surface area contributed by atoms with Gasteiger partial charge in [-0.25, -0.2) is 0 Å². The maximum Gasteiger partial charge on any atom is 0.271 e. The third-order valence-electron chi connectivity index (χ3n) is 5.18. The summed E-state index contributed by atoms with van der Waals surface area (Å²) >= 11 is 0. The van der Waals surface area contributed by atoms with Crippen LogP contribution >= 0.6 is 0 Å². The molecule has 1 amide bonds. The van der Waals surface area contributed by atoms with Crippen molar-refractivity contribution in [3.05, 3.63) is 106 Å². The van der Waals surface area contributed by atoms with Crippen LogP contribution in [0.15, 0.2) is 84.9 Å².